The number of rotatable bonds is 3. The Labute approximate surface area is 163 Å². The zero-order valence-electron chi connectivity index (χ0n) is 15.1. The van der Waals surface area contributed by atoms with Gasteiger partial charge in [-0.2, -0.15) is 4.72 Å². The van der Waals surface area contributed by atoms with Crippen molar-refractivity contribution in [3.8, 4) is 0 Å². The quantitative estimate of drug-likeness (QED) is 0.634. The number of sulfonamides is 1. The van der Waals surface area contributed by atoms with E-state index in [0.29, 0.717) is 16.8 Å². The molecule has 0 aromatic heterocycles. The molecule has 6 nitrogen and oxygen atoms in total. The number of para-hydroxylation sites is 1. The number of anilines is 2. The average molecular weight is 393 g/mol. The summed E-state index contributed by atoms with van der Waals surface area (Å²) in [5.41, 5.74) is 3.54. The molecule has 7 heteroatoms. The Morgan fingerprint density at radius 3 is 2.46 bits per heavy atom. The van der Waals surface area contributed by atoms with Gasteiger partial charge in [-0.25, -0.2) is 8.42 Å². The van der Waals surface area contributed by atoms with Crippen molar-refractivity contribution in [1.29, 1.82) is 0 Å². The first-order valence-corrected chi connectivity index (χ1v) is 10.3. The molecule has 0 unspecified atom stereocenters. The number of carbonyl (C=O) groups excluding carboxylic acids is 1. The highest BCUT2D eigenvalue weighted by Gasteiger charge is 2.29. The van der Waals surface area contributed by atoms with Crippen molar-refractivity contribution in [1.82, 2.24) is 4.72 Å². The van der Waals surface area contributed by atoms with Gasteiger partial charge in [-0.1, -0.05) is 36.4 Å². The van der Waals surface area contributed by atoms with Gasteiger partial charge < -0.3 is 10.6 Å². The number of carbonyl (C=O) groups is 1. The van der Waals surface area contributed by atoms with E-state index >= 15 is 0 Å². The molecule has 3 aromatic carbocycles. The van der Waals surface area contributed by atoms with E-state index in [1.165, 1.54) is 0 Å². The van der Waals surface area contributed by atoms with Crippen molar-refractivity contribution < 1.29 is 13.2 Å². The predicted molar refractivity (Wildman–Crippen MR) is 109 cm³/mol. The summed E-state index contributed by atoms with van der Waals surface area (Å²) in [6.07, 6.45) is -0.603. The molecule has 0 fully saturated rings. The maximum Gasteiger partial charge on any atom is 0.255 e. The summed E-state index contributed by atoms with van der Waals surface area (Å²) >= 11 is 0. The molecule has 1 heterocycles. The minimum absolute atomic E-state index is 0.223. The van der Waals surface area contributed by atoms with E-state index < -0.39 is 16.2 Å². The lowest BCUT2D eigenvalue weighted by Crippen LogP contribution is -2.38. The Morgan fingerprint density at radius 1 is 0.964 bits per heavy atom. The second-order valence-electron chi connectivity index (χ2n) is 6.64. The molecule has 3 N–H and O–H groups in total. The van der Waals surface area contributed by atoms with Crippen molar-refractivity contribution >= 4 is 27.3 Å². The van der Waals surface area contributed by atoms with Gasteiger partial charge >= 0.3 is 0 Å². The van der Waals surface area contributed by atoms with Crippen molar-refractivity contribution in [2.45, 2.75) is 18.0 Å². The molecule has 0 bridgehead atoms. The fourth-order valence-electron chi connectivity index (χ4n) is 3.13. The molecule has 0 radical (unpaired) electrons. The molecular weight excluding hydrogens is 374 g/mol. The number of benzene rings is 3. The van der Waals surface area contributed by atoms with Gasteiger partial charge in [0, 0.05) is 11.3 Å². The van der Waals surface area contributed by atoms with Crippen LogP contribution in [0.4, 0.5) is 11.4 Å². The number of hydrogen-bond acceptors (Lipinski definition) is 4. The smallest absolute Gasteiger partial charge is 0.255 e. The number of hydrogen-bond donors (Lipinski definition) is 3. The zero-order chi connectivity index (χ0) is 19.7. The summed E-state index contributed by atoms with van der Waals surface area (Å²) in [7, 11) is -3.60. The van der Waals surface area contributed by atoms with Gasteiger partial charge in [0.15, 0.2) is 0 Å². The molecule has 0 spiro atoms. The summed E-state index contributed by atoms with van der Waals surface area (Å²) in [5, 5.41) is 6.03. The van der Waals surface area contributed by atoms with Crippen LogP contribution in [-0.2, 0) is 10.0 Å². The predicted octanol–water partition coefficient (Wildman–Crippen LogP) is 3.65. The maximum atomic E-state index is 12.4. The SMILES string of the molecule is Cc1cccc(NC(=O)c2ccc([C@H]3Nc4ccccc4S(=O)(=O)N3)cc2)c1. The van der Waals surface area contributed by atoms with Crippen molar-refractivity contribution in [2.75, 3.05) is 10.6 Å². The van der Waals surface area contributed by atoms with Gasteiger partial charge in [-0.3, -0.25) is 4.79 Å². The first-order valence-electron chi connectivity index (χ1n) is 8.78. The van der Waals surface area contributed by atoms with E-state index in [4.69, 9.17) is 0 Å². The van der Waals surface area contributed by atoms with Crippen LogP contribution >= 0.6 is 0 Å². The second-order valence-corrected chi connectivity index (χ2v) is 8.32. The lowest BCUT2D eigenvalue weighted by Gasteiger charge is -2.28. The largest absolute Gasteiger partial charge is 0.364 e. The topological polar surface area (TPSA) is 87.3 Å². The summed E-state index contributed by atoms with van der Waals surface area (Å²) in [6.45, 7) is 1.96. The summed E-state index contributed by atoms with van der Waals surface area (Å²) in [4.78, 5) is 12.7. The van der Waals surface area contributed by atoms with Gasteiger partial charge in [0.05, 0.1) is 5.69 Å². The monoisotopic (exact) mass is 393 g/mol. The lowest BCUT2D eigenvalue weighted by molar-refractivity contribution is 0.102. The fourth-order valence-corrected chi connectivity index (χ4v) is 4.43. The van der Waals surface area contributed by atoms with Crippen LogP contribution < -0.4 is 15.4 Å². The molecule has 1 aliphatic heterocycles. The van der Waals surface area contributed by atoms with E-state index in [0.717, 1.165) is 11.3 Å². The molecule has 0 saturated heterocycles. The molecule has 0 aliphatic carbocycles. The third-order valence-electron chi connectivity index (χ3n) is 4.53. The molecule has 1 amide bonds. The molecule has 1 atom stereocenters. The highest BCUT2D eigenvalue weighted by atomic mass is 32.2. The van der Waals surface area contributed by atoms with Gasteiger partial charge in [0.25, 0.3) is 5.91 Å². The second kappa shape index (κ2) is 7.10. The third kappa shape index (κ3) is 3.62. The molecule has 28 heavy (non-hydrogen) atoms. The molecular formula is C21H19N3O3S. The first-order chi connectivity index (χ1) is 13.4. The highest BCUT2D eigenvalue weighted by Crippen LogP contribution is 2.30. The number of amides is 1. The fraction of sp³-hybridized carbons (Fsp3) is 0.0952. The Morgan fingerprint density at radius 2 is 1.71 bits per heavy atom. The molecule has 0 saturated carbocycles. The summed E-state index contributed by atoms with van der Waals surface area (Å²) < 4.78 is 27.5. The summed E-state index contributed by atoms with van der Waals surface area (Å²) in [6, 6.07) is 21.1. The van der Waals surface area contributed by atoms with Crippen LogP contribution in [0, 0.1) is 6.92 Å². The molecule has 4 rings (SSSR count). The maximum absolute atomic E-state index is 12.4. The Hall–Kier alpha value is -3.16. The van der Waals surface area contributed by atoms with Gasteiger partial charge in [-0.05, 0) is 54.4 Å². The van der Waals surface area contributed by atoms with E-state index in [-0.39, 0.29) is 10.8 Å². The van der Waals surface area contributed by atoms with Gasteiger partial charge in [0.1, 0.15) is 11.1 Å². The average Bonchev–Trinajstić information content (AvgIpc) is 2.67. The number of nitrogens with one attached hydrogen (secondary N) is 3. The molecule has 1 aliphatic rings. The van der Waals surface area contributed by atoms with E-state index in [2.05, 4.69) is 15.4 Å². The molecule has 3 aromatic rings. The van der Waals surface area contributed by atoms with Crippen LogP contribution in [0.15, 0.2) is 77.7 Å². The Bertz CT molecular complexity index is 1140. The van der Waals surface area contributed by atoms with Crippen LogP contribution in [0.5, 0.6) is 0 Å². The first kappa shape index (κ1) is 18.2. The van der Waals surface area contributed by atoms with Crippen LogP contribution in [0.2, 0.25) is 0 Å². The minimum atomic E-state index is -3.60. The highest BCUT2D eigenvalue weighted by molar-refractivity contribution is 7.89. The number of aryl methyl sites for hydroxylation is 1. The summed E-state index contributed by atoms with van der Waals surface area (Å²) in [5.74, 6) is -0.223. The molecule has 142 valence electrons. The lowest BCUT2D eigenvalue weighted by atomic mass is 10.1. The normalized spacial score (nSPS) is 17.2. The standard InChI is InChI=1S/C21H19N3O3S/c1-14-5-4-6-17(13-14)22-21(25)16-11-9-15(10-12-16)20-23-18-7-2-3-8-19(18)28(26,27)24-20/h2-13,20,23-24H,1H3,(H,22,25)/t20-/m0/s1. The number of fused-ring (bicyclic) bond motifs is 1. The van der Waals surface area contributed by atoms with Crippen molar-refractivity contribution in [3.63, 3.8) is 0 Å². The van der Waals surface area contributed by atoms with Crippen LogP contribution in [-0.4, -0.2) is 14.3 Å². The van der Waals surface area contributed by atoms with E-state index in [9.17, 15) is 13.2 Å². The minimum Gasteiger partial charge on any atom is -0.364 e. The Balaban J connectivity index is 1.53. The van der Waals surface area contributed by atoms with Crippen molar-refractivity contribution in [3.05, 3.63) is 89.5 Å². The van der Waals surface area contributed by atoms with Crippen LogP contribution in [0.3, 0.4) is 0 Å². The van der Waals surface area contributed by atoms with E-state index in [1.807, 2.05) is 31.2 Å². The van der Waals surface area contributed by atoms with Crippen LogP contribution in [0.1, 0.15) is 27.7 Å². The van der Waals surface area contributed by atoms with Gasteiger partial charge in [-0.15, -0.1) is 0 Å². The Kier molecular flexibility index (Phi) is 4.62. The van der Waals surface area contributed by atoms with Gasteiger partial charge in [0.2, 0.25) is 10.0 Å². The van der Waals surface area contributed by atoms with Crippen molar-refractivity contribution in [2.24, 2.45) is 0 Å². The third-order valence-corrected chi connectivity index (χ3v) is 6.01. The van der Waals surface area contributed by atoms with E-state index in [1.54, 1.807) is 48.5 Å². The van der Waals surface area contributed by atoms with Crippen LogP contribution in [0.25, 0.3) is 0 Å². The zero-order valence-corrected chi connectivity index (χ0v) is 16.0.